The van der Waals surface area contributed by atoms with Gasteiger partial charge in [0.25, 0.3) is 0 Å². The summed E-state index contributed by atoms with van der Waals surface area (Å²) in [6, 6.07) is 2.76. The van der Waals surface area contributed by atoms with E-state index in [0.29, 0.717) is 13.0 Å². The summed E-state index contributed by atoms with van der Waals surface area (Å²) in [5.41, 5.74) is 1.59. The molecule has 3 rings (SSSR count). The maximum atomic E-state index is 13.4. The Morgan fingerprint density at radius 1 is 1.03 bits per heavy atom. The highest BCUT2D eigenvalue weighted by Crippen LogP contribution is 2.19. The molecule has 2 heterocycles. The topological polar surface area (TPSA) is 210 Å². The Kier molecular flexibility index (Phi) is 9.79. The number of fused-ring (bicyclic) bond motifs is 1. The lowest BCUT2D eigenvalue weighted by Crippen LogP contribution is -2.60. The Morgan fingerprint density at radius 2 is 1.76 bits per heavy atom. The molecule has 0 radical (unpaired) electrons. The number of rotatable bonds is 13. The number of hydrogen-bond acceptors (Lipinski definition) is 7. The largest absolute Gasteiger partial charge is 0.481 e. The van der Waals surface area contributed by atoms with Gasteiger partial charge in [-0.3, -0.25) is 19.2 Å². The van der Waals surface area contributed by atoms with E-state index in [0.717, 1.165) is 22.9 Å². The van der Waals surface area contributed by atoms with Gasteiger partial charge in [-0.05, 0) is 44.4 Å². The van der Waals surface area contributed by atoms with E-state index in [9.17, 15) is 34.2 Å². The summed E-state index contributed by atoms with van der Waals surface area (Å²) < 4.78 is 0. The number of aliphatic hydroxyl groups is 1. The summed E-state index contributed by atoms with van der Waals surface area (Å²) >= 11 is 0. The predicted octanol–water partition coefficient (Wildman–Crippen LogP) is -0.753. The van der Waals surface area contributed by atoms with Gasteiger partial charge in [-0.1, -0.05) is 18.2 Å². The van der Waals surface area contributed by atoms with Crippen molar-refractivity contribution in [1.82, 2.24) is 26.3 Å². The van der Waals surface area contributed by atoms with Crippen molar-refractivity contribution in [3.05, 3.63) is 36.0 Å². The van der Waals surface area contributed by atoms with Gasteiger partial charge < -0.3 is 41.6 Å². The highest BCUT2D eigenvalue weighted by Gasteiger charge is 2.34. The molecule has 8 N–H and O–H groups in total. The van der Waals surface area contributed by atoms with Crippen molar-refractivity contribution < 1.29 is 39.3 Å². The van der Waals surface area contributed by atoms with Crippen molar-refractivity contribution in [2.75, 3.05) is 6.54 Å². The standard InChI is InChI=1S/C25H33N5O8/c1-13(31)21(24(36)28-18(25(37)38)8-9-20(32)33)30-23(35)19(29-22(34)17-7-4-10-26-17)11-14-12-27-16-6-3-2-5-15(14)16/h2-3,5-6,12-13,17-19,21,26-27,31H,4,7-11H2,1H3,(H,28,36)(H,29,34)(H,30,35)(H,32,33)(H,37,38). The maximum Gasteiger partial charge on any atom is 0.326 e. The lowest BCUT2D eigenvalue weighted by molar-refractivity contribution is -0.144. The first-order valence-electron chi connectivity index (χ1n) is 12.4. The van der Waals surface area contributed by atoms with Gasteiger partial charge in [0.05, 0.1) is 12.1 Å². The van der Waals surface area contributed by atoms with Crippen LogP contribution in [0.5, 0.6) is 0 Å². The van der Waals surface area contributed by atoms with Gasteiger partial charge in [0, 0.05) is 29.9 Å². The Labute approximate surface area is 218 Å². The zero-order chi connectivity index (χ0) is 27.8. The molecule has 1 aliphatic rings. The van der Waals surface area contributed by atoms with Crippen molar-refractivity contribution in [1.29, 1.82) is 0 Å². The van der Waals surface area contributed by atoms with E-state index in [-0.39, 0.29) is 18.7 Å². The number of carbonyl (C=O) groups is 5. The van der Waals surface area contributed by atoms with Crippen LogP contribution in [0.2, 0.25) is 0 Å². The van der Waals surface area contributed by atoms with Crippen molar-refractivity contribution in [3.8, 4) is 0 Å². The number of benzene rings is 1. The van der Waals surface area contributed by atoms with Crippen molar-refractivity contribution in [2.45, 2.75) is 69.3 Å². The number of carboxylic acid groups (broad SMARTS) is 2. The Balaban J connectivity index is 1.78. The molecule has 38 heavy (non-hydrogen) atoms. The number of hydrogen-bond donors (Lipinski definition) is 8. The van der Waals surface area contributed by atoms with Crippen LogP contribution in [0.3, 0.4) is 0 Å². The smallest absolute Gasteiger partial charge is 0.326 e. The summed E-state index contributed by atoms with van der Waals surface area (Å²) in [4.78, 5) is 64.5. The molecular formula is C25H33N5O8. The number of aromatic amines is 1. The minimum absolute atomic E-state index is 0.0822. The molecule has 2 aromatic rings. The molecule has 3 amide bonds. The molecule has 5 atom stereocenters. The molecular weight excluding hydrogens is 498 g/mol. The van der Waals surface area contributed by atoms with Crippen LogP contribution in [0, 0.1) is 0 Å². The minimum atomic E-state index is -1.55. The third-order valence-corrected chi connectivity index (χ3v) is 6.43. The van der Waals surface area contributed by atoms with Gasteiger partial charge in [0.2, 0.25) is 17.7 Å². The molecule has 0 spiro atoms. The van der Waals surface area contributed by atoms with E-state index >= 15 is 0 Å². The lowest BCUT2D eigenvalue weighted by Gasteiger charge is -2.26. The first kappa shape index (κ1) is 28.6. The number of aliphatic hydroxyl groups excluding tert-OH is 1. The normalized spacial score (nSPS) is 18.2. The average Bonchev–Trinajstić information content (AvgIpc) is 3.54. The summed E-state index contributed by atoms with van der Waals surface area (Å²) in [6.07, 6.45) is 0.922. The SMILES string of the molecule is CC(O)C(NC(=O)C(Cc1c[nH]c2ccccc12)NC(=O)C1CCCN1)C(=O)NC(CCC(=O)O)C(=O)O. The van der Waals surface area contributed by atoms with Gasteiger partial charge in [0.15, 0.2) is 0 Å². The summed E-state index contributed by atoms with van der Waals surface area (Å²) in [7, 11) is 0. The monoisotopic (exact) mass is 531 g/mol. The third kappa shape index (κ3) is 7.52. The lowest BCUT2D eigenvalue weighted by atomic mass is 10.0. The van der Waals surface area contributed by atoms with Crippen LogP contribution in [0.1, 0.15) is 38.2 Å². The van der Waals surface area contributed by atoms with E-state index in [1.54, 1.807) is 6.20 Å². The number of carbonyl (C=O) groups excluding carboxylic acids is 3. The fourth-order valence-electron chi connectivity index (χ4n) is 4.36. The highest BCUT2D eigenvalue weighted by molar-refractivity contribution is 5.95. The summed E-state index contributed by atoms with van der Waals surface area (Å²) in [6.45, 7) is 1.92. The molecule has 13 nitrogen and oxygen atoms in total. The number of nitrogens with one attached hydrogen (secondary N) is 5. The quantitative estimate of drug-likeness (QED) is 0.163. The van der Waals surface area contributed by atoms with Crippen LogP contribution in [0.4, 0.5) is 0 Å². The number of aliphatic carboxylic acids is 2. The zero-order valence-electron chi connectivity index (χ0n) is 20.9. The zero-order valence-corrected chi connectivity index (χ0v) is 20.9. The van der Waals surface area contributed by atoms with Crippen LogP contribution >= 0.6 is 0 Å². The molecule has 1 aromatic heterocycles. The van der Waals surface area contributed by atoms with E-state index in [1.807, 2.05) is 24.3 Å². The van der Waals surface area contributed by atoms with Gasteiger partial charge in [0.1, 0.15) is 18.1 Å². The van der Waals surface area contributed by atoms with E-state index < -0.39 is 60.4 Å². The van der Waals surface area contributed by atoms with Crippen LogP contribution in [0.15, 0.2) is 30.5 Å². The van der Waals surface area contributed by atoms with Gasteiger partial charge in [-0.2, -0.15) is 0 Å². The van der Waals surface area contributed by atoms with Gasteiger partial charge >= 0.3 is 11.9 Å². The molecule has 13 heteroatoms. The second-order valence-corrected chi connectivity index (χ2v) is 9.33. The number of carboxylic acids is 2. The maximum absolute atomic E-state index is 13.4. The molecule has 1 aliphatic heterocycles. The Bertz CT molecular complexity index is 1170. The van der Waals surface area contributed by atoms with Crippen molar-refractivity contribution >= 4 is 40.6 Å². The molecule has 0 bridgehead atoms. The second kappa shape index (κ2) is 13.0. The average molecular weight is 532 g/mol. The molecule has 206 valence electrons. The molecule has 0 aliphatic carbocycles. The van der Waals surface area contributed by atoms with Crippen molar-refractivity contribution in [2.24, 2.45) is 0 Å². The molecule has 0 saturated carbocycles. The Morgan fingerprint density at radius 3 is 2.39 bits per heavy atom. The third-order valence-electron chi connectivity index (χ3n) is 6.43. The van der Waals surface area contributed by atoms with E-state index in [4.69, 9.17) is 5.11 Å². The Hall–Kier alpha value is -3.97. The predicted molar refractivity (Wildman–Crippen MR) is 135 cm³/mol. The molecule has 1 saturated heterocycles. The molecule has 5 unspecified atom stereocenters. The van der Waals surface area contributed by atoms with Crippen LogP contribution in [0.25, 0.3) is 10.9 Å². The number of para-hydroxylation sites is 1. The van der Waals surface area contributed by atoms with E-state index in [1.165, 1.54) is 6.92 Å². The van der Waals surface area contributed by atoms with Gasteiger partial charge in [-0.25, -0.2) is 4.79 Å². The second-order valence-electron chi connectivity index (χ2n) is 9.33. The van der Waals surface area contributed by atoms with Crippen molar-refractivity contribution in [3.63, 3.8) is 0 Å². The van der Waals surface area contributed by atoms with Crippen LogP contribution in [-0.2, 0) is 30.4 Å². The molecule has 1 fully saturated rings. The number of H-pyrrole nitrogens is 1. The number of amides is 3. The summed E-state index contributed by atoms with van der Waals surface area (Å²) in [5, 5.41) is 39.7. The minimum Gasteiger partial charge on any atom is -0.481 e. The number of aromatic nitrogens is 1. The van der Waals surface area contributed by atoms with Crippen LogP contribution < -0.4 is 21.3 Å². The first-order valence-corrected chi connectivity index (χ1v) is 12.4. The first-order chi connectivity index (χ1) is 18.1. The van der Waals surface area contributed by atoms with Crippen LogP contribution in [-0.4, -0.2) is 86.8 Å². The van der Waals surface area contributed by atoms with E-state index in [2.05, 4.69) is 26.3 Å². The fourth-order valence-corrected chi connectivity index (χ4v) is 4.36. The fraction of sp³-hybridized carbons (Fsp3) is 0.480. The summed E-state index contributed by atoms with van der Waals surface area (Å²) in [5.74, 6) is -4.82. The molecule has 1 aromatic carbocycles. The highest BCUT2D eigenvalue weighted by atomic mass is 16.4. The van der Waals surface area contributed by atoms with Gasteiger partial charge in [-0.15, -0.1) is 0 Å².